The molecule has 5 N–H and O–H groups in total. The van der Waals surface area contributed by atoms with Crippen molar-refractivity contribution < 1.29 is 18.9 Å². The van der Waals surface area contributed by atoms with E-state index in [0.717, 1.165) is 0 Å². The number of nitrogens with zero attached hydrogens (tertiary/aromatic N) is 5. The average molecular weight is 480 g/mol. The quantitative estimate of drug-likeness (QED) is 0.340. The van der Waals surface area contributed by atoms with Crippen LogP contribution in [0.15, 0.2) is 35.0 Å². The first-order valence-corrected chi connectivity index (χ1v) is 11.1. The molecule has 10 nitrogen and oxygen atoms in total. The molecule has 0 saturated heterocycles. The maximum atomic E-state index is 13.9. The van der Waals surface area contributed by atoms with Gasteiger partial charge >= 0.3 is 0 Å². The van der Waals surface area contributed by atoms with E-state index in [1.165, 1.54) is 12.1 Å². The summed E-state index contributed by atoms with van der Waals surface area (Å²) in [6.07, 6.45) is -0.101. The summed E-state index contributed by atoms with van der Waals surface area (Å²) in [4.78, 5) is 9.22. The number of benzene rings is 1. The molecule has 4 aromatic rings. The van der Waals surface area contributed by atoms with Gasteiger partial charge in [-0.1, -0.05) is 18.1 Å². The molecule has 1 atom stereocenters. The molecule has 1 unspecified atom stereocenters. The Bertz CT molecular complexity index is 1410. The number of hydrogen-bond donors (Lipinski definition) is 3. The molecule has 3 aromatic heterocycles. The minimum absolute atomic E-state index is 0.0951. The molecular weight excluding hydrogens is 453 g/mol. The van der Waals surface area contributed by atoms with Gasteiger partial charge in [-0.3, -0.25) is 0 Å². The van der Waals surface area contributed by atoms with Crippen LogP contribution >= 0.6 is 0 Å². The van der Waals surface area contributed by atoms with Gasteiger partial charge in [0.1, 0.15) is 28.7 Å². The second kappa shape index (κ2) is 9.69. The first-order chi connectivity index (χ1) is 16.7. The molecule has 182 valence electrons. The topological polar surface area (TPSA) is 151 Å². The van der Waals surface area contributed by atoms with Gasteiger partial charge in [0.05, 0.1) is 5.52 Å². The minimum atomic E-state index is -1.26. The number of rotatable bonds is 7. The molecule has 0 fully saturated rings. The minimum Gasteiger partial charge on any atom is -0.469 e. The van der Waals surface area contributed by atoms with Crippen molar-refractivity contribution in [3.8, 4) is 29.2 Å². The van der Waals surface area contributed by atoms with Crippen LogP contribution in [0.5, 0.6) is 5.88 Å². The SMILES string of the molecule is CCn1c(-c2nonc2N)nc2c(C#CC(C)(C)O)nc(OC(CCN)c3cccc(F)c3)cc21. The van der Waals surface area contributed by atoms with Gasteiger partial charge in [-0.2, -0.15) is 0 Å². The summed E-state index contributed by atoms with van der Waals surface area (Å²) < 4.78 is 26.7. The largest absolute Gasteiger partial charge is 0.469 e. The molecule has 0 spiro atoms. The lowest BCUT2D eigenvalue weighted by Crippen LogP contribution is -2.15. The van der Waals surface area contributed by atoms with Crippen molar-refractivity contribution in [3.63, 3.8) is 0 Å². The molecule has 3 heterocycles. The van der Waals surface area contributed by atoms with Crippen molar-refractivity contribution >= 4 is 16.9 Å². The summed E-state index contributed by atoms with van der Waals surface area (Å²) in [5, 5.41) is 17.7. The Kier molecular flexibility index (Phi) is 6.68. The van der Waals surface area contributed by atoms with E-state index in [1.807, 2.05) is 11.5 Å². The number of aryl methyl sites for hydroxylation is 1. The fourth-order valence-corrected chi connectivity index (χ4v) is 3.61. The number of anilines is 1. The number of imidazole rings is 1. The van der Waals surface area contributed by atoms with Crippen LogP contribution in [0.25, 0.3) is 22.6 Å². The monoisotopic (exact) mass is 479 g/mol. The van der Waals surface area contributed by atoms with Gasteiger partial charge < -0.3 is 25.9 Å². The van der Waals surface area contributed by atoms with Gasteiger partial charge in [0.25, 0.3) is 0 Å². The van der Waals surface area contributed by atoms with E-state index in [9.17, 15) is 9.50 Å². The predicted octanol–water partition coefficient (Wildman–Crippen LogP) is 2.81. The Morgan fingerprint density at radius 2 is 2.06 bits per heavy atom. The van der Waals surface area contributed by atoms with Gasteiger partial charge in [0.15, 0.2) is 17.3 Å². The third kappa shape index (κ3) is 5.24. The fraction of sp³-hybridized carbons (Fsp3) is 0.333. The lowest BCUT2D eigenvalue weighted by Gasteiger charge is -2.19. The van der Waals surface area contributed by atoms with Crippen molar-refractivity contribution in [1.82, 2.24) is 24.8 Å². The number of aliphatic hydroxyl groups is 1. The molecule has 0 amide bonds. The van der Waals surface area contributed by atoms with Crippen molar-refractivity contribution in [2.75, 3.05) is 12.3 Å². The third-order valence-corrected chi connectivity index (χ3v) is 5.15. The van der Waals surface area contributed by atoms with Crippen molar-refractivity contribution in [3.05, 3.63) is 47.4 Å². The van der Waals surface area contributed by atoms with Crippen LogP contribution in [0.3, 0.4) is 0 Å². The van der Waals surface area contributed by atoms with Gasteiger partial charge in [0.2, 0.25) is 5.88 Å². The van der Waals surface area contributed by atoms with E-state index in [4.69, 9.17) is 20.8 Å². The maximum absolute atomic E-state index is 13.9. The summed E-state index contributed by atoms with van der Waals surface area (Å²) >= 11 is 0. The van der Waals surface area contributed by atoms with Crippen molar-refractivity contribution in [2.45, 2.75) is 45.4 Å². The molecule has 35 heavy (non-hydrogen) atoms. The molecule has 0 aliphatic rings. The highest BCUT2D eigenvalue weighted by Gasteiger charge is 2.23. The van der Waals surface area contributed by atoms with E-state index >= 15 is 0 Å². The van der Waals surface area contributed by atoms with E-state index in [2.05, 4.69) is 32.1 Å². The first-order valence-electron chi connectivity index (χ1n) is 11.1. The van der Waals surface area contributed by atoms with E-state index in [1.54, 1.807) is 32.0 Å². The lowest BCUT2D eigenvalue weighted by molar-refractivity contribution is 0.143. The van der Waals surface area contributed by atoms with Gasteiger partial charge in [0, 0.05) is 19.0 Å². The maximum Gasteiger partial charge on any atom is 0.217 e. The second-order valence-corrected chi connectivity index (χ2v) is 8.40. The van der Waals surface area contributed by atoms with Crippen LogP contribution in [0.2, 0.25) is 0 Å². The number of nitrogen functional groups attached to an aromatic ring is 1. The van der Waals surface area contributed by atoms with Gasteiger partial charge in [-0.15, -0.1) is 0 Å². The molecular formula is C24H26FN7O3. The highest BCUT2D eigenvalue weighted by Crippen LogP contribution is 2.32. The molecule has 4 rings (SSSR count). The van der Waals surface area contributed by atoms with Crippen LogP contribution in [0, 0.1) is 17.7 Å². The summed E-state index contributed by atoms with van der Waals surface area (Å²) in [5.74, 6) is 6.06. The Balaban J connectivity index is 1.89. The van der Waals surface area contributed by atoms with Gasteiger partial charge in [-0.05, 0) is 61.2 Å². The zero-order chi connectivity index (χ0) is 25.2. The molecule has 0 radical (unpaired) electrons. The van der Waals surface area contributed by atoms with E-state index in [0.29, 0.717) is 41.9 Å². The van der Waals surface area contributed by atoms with E-state index in [-0.39, 0.29) is 28.9 Å². The first kappa shape index (κ1) is 24.1. The lowest BCUT2D eigenvalue weighted by atomic mass is 10.1. The summed E-state index contributed by atoms with van der Waals surface area (Å²) in [7, 11) is 0. The van der Waals surface area contributed by atoms with Crippen LogP contribution < -0.4 is 16.2 Å². The smallest absolute Gasteiger partial charge is 0.217 e. The zero-order valence-corrected chi connectivity index (χ0v) is 19.6. The highest BCUT2D eigenvalue weighted by atomic mass is 19.1. The number of aromatic nitrogens is 5. The number of fused-ring (bicyclic) bond motifs is 1. The second-order valence-electron chi connectivity index (χ2n) is 8.40. The Morgan fingerprint density at radius 1 is 1.26 bits per heavy atom. The number of nitrogens with two attached hydrogens (primary N) is 2. The Morgan fingerprint density at radius 3 is 2.69 bits per heavy atom. The molecule has 0 bridgehead atoms. The molecule has 1 aromatic carbocycles. The van der Waals surface area contributed by atoms with Crippen LogP contribution in [0.1, 0.15) is 44.6 Å². The number of pyridine rings is 1. The van der Waals surface area contributed by atoms with E-state index < -0.39 is 11.7 Å². The third-order valence-electron chi connectivity index (χ3n) is 5.15. The Hall–Kier alpha value is -4.01. The summed E-state index contributed by atoms with van der Waals surface area (Å²) in [5.41, 5.74) is 12.8. The average Bonchev–Trinajstić information content (AvgIpc) is 3.39. The highest BCUT2D eigenvalue weighted by molar-refractivity contribution is 5.86. The molecule has 0 aliphatic carbocycles. The normalized spacial score (nSPS) is 12.4. The summed E-state index contributed by atoms with van der Waals surface area (Å²) in [6, 6.07) is 7.87. The fourth-order valence-electron chi connectivity index (χ4n) is 3.61. The molecule has 0 aliphatic heterocycles. The zero-order valence-electron chi connectivity index (χ0n) is 19.6. The van der Waals surface area contributed by atoms with Crippen molar-refractivity contribution in [2.24, 2.45) is 5.73 Å². The molecule has 11 heteroatoms. The standard InChI is InChI=1S/C24H26FN7O3/c1-4-32-17-13-19(34-18(9-11-26)14-6-5-7-15(25)12-14)28-16(8-10-24(2,3)33)20(17)29-23(32)21-22(27)31-35-30-21/h5-7,12-13,18,33H,4,9,11,26H2,1-3H3,(H2,27,31). The van der Waals surface area contributed by atoms with Crippen molar-refractivity contribution in [1.29, 1.82) is 0 Å². The Labute approximate surface area is 201 Å². The summed E-state index contributed by atoms with van der Waals surface area (Å²) in [6.45, 7) is 5.90. The van der Waals surface area contributed by atoms with Crippen LogP contribution in [0.4, 0.5) is 10.2 Å². The number of ether oxygens (including phenoxy) is 1. The number of hydrogen-bond acceptors (Lipinski definition) is 9. The predicted molar refractivity (Wildman–Crippen MR) is 128 cm³/mol. The molecule has 0 saturated carbocycles. The van der Waals surface area contributed by atoms with Gasteiger partial charge in [-0.25, -0.2) is 19.0 Å². The van der Waals surface area contributed by atoms with Crippen LogP contribution in [-0.2, 0) is 6.54 Å². The van der Waals surface area contributed by atoms with Crippen LogP contribution in [-0.4, -0.2) is 42.1 Å². The number of halogens is 1.